The van der Waals surface area contributed by atoms with Crippen LogP contribution in [0.4, 0.5) is 0 Å². The van der Waals surface area contributed by atoms with Crippen molar-refractivity contribution in [3.63, 3.8) is 0 Å². The summed E-state index contributed by atoms with van der Waals surface area (Å²) in [5.74, 6) is 0.925. The Balaban J connectivity index is 2.02. The lowest BCUT2D eigenvalue weighted by Crippen LogP contribution is -2.19. The average Bonchev–Trinajstić information content (AvgIpc) is 2.94. The normalized spacial score (nSPS) is 12.3. The van der Waals surface area contributed by atoms with E-state index >= 15 is 0 Å². The zero-order chi connectivity index (χ0) is 14.4. The summed E-state index contributed by atoms with van der Waals surface area (Å²) in [6.07, 6.45) is 3.71. The van der Waals surface area contributed by atoms with E-state index in [4.69, 9.17) is 4.74 Å². The van der Waals surface area contributed by atoms with E-state index in [0.717, 1.165) is 23.3 Å². The van der Waals surface area contributed by atoms with Gasteiger partial charge in [0.2, 0.25) is 0 Å². The lowest BCUT2D eigenvalue weighted by atomic mass is 10.1. The minimum atomic E-state index is 0.261. The van der Waals surface area contributed by atoms with Gasteiger partial charge < -0.3 is 10.1 Å². The quantitative estimate of drug-likeness (QED) is 0.841. The first kappa shape index (κ1) is 15.1. The Morgan fingerprint density at radius 2 is 2.30 bits per heavy atom. The van der Waals surface area contributed by atoms with Gasteiger partial charge in [-0.15, -0.1) is 0 Å². The Morgan fingerprint density at radius 1 is 1.45 bits per heavy atom. The van der Waals surface area contributed by atoms with Gasteiger partial charge in [-0.05, 0) is 37.7 Å². The number of rotatable bonds is 7. The van der Waals surface area contributed by atoms with E-state index in [1.807, 2.05) is 29.1 Å². The molecule has 4 nitrogen and oxygen atoms in total. The summed E-state index contributed by atoms with van der Waals surface area (Å²) < 4.78 is 8.84. The molecule has 1 N–H and O–H groups in total. The molecule has 0 saturated carbocycles. The Bertz CT molecular complexity index is 528. The number of halogens is 1. The highest BCUT2D eigenvalue weighted by Gasteiger charge is 2.11. The molecule has 0 bridgehead atoms. The summed E-state index contributed by atoms with van der Waals surface area (Å²) in [6, 6.07) is 8.30. The molecule has 0 amide bonds. The first-order chi connectivity index (χ1) is 9.70. The predicted octanol–water partition coefficient (Wildman–Crippen LogP) is 3.40. The van der Waals surface area contributed by atoms with Gasteiger partial charge in [0, 0.05) is 28.5 Å². The molecule has 0 radical (unpaired) electrons. The standard InChI is InChI=1S/C15H20BrN3O/c1-3-17-12(2)14-11-13(16)5-6-15(14)20-10-9-19-8-4-7-18-19/h4-8,11-12,17H,3,9-10H2,1-2H3. The third-order valence-electron chi connectivity index (χ3n) is 3.09. The van der Waals surface area contributed by atoms with Gasteiger partial charge in [0.25, 0.3) is 0 Å². The summed E-state index contributed by atoms with van der Waals surface area (Å²) in [5, 5.41) is 7.58. The summed E-state index contributed by atoms with van der Waals surface area (Å²) in [5.41, 5.74) is 1.17. The number of nitrogens with one attached hydrogen (secondary N) is 1. The minimum absolute atomic E-state index is 0.261. The van der Waals surface area contributed by atoms with E-state index in [1.54, 1.807) is 6.20 Å². The molecule has 5 heteroatoms. The molecule has 108 valence electrons. The zero-order valence-electron chi connectivity index (χ0n) is 11.8. The SMILES string of the molecule is CCNC(C)c1cc(Br)ccc1OCCn1cccn1. The van der Waals surface area contributed by atoms with E-state index in [9.17, 15) is 0 Å². The first-order valence-corrected chi connectivity index (χ1v) is 7.63. The van der Waals surface area contributed by atoms with Gasteiger partial charge in [-0.25, -0.2) is 0 Å². The van der Waals surface area contributed by atoms with Crippen LogP contribution in [0.2, 0.25) is 0 Å². The third kappa shape index (κ3) is 4.08. The van der Waals surface area contributed by atoms with Crippen molar-refractivity contribution >= 4 is 15.9 Å². The van der Waals surface area contributed by atoms with Gasteiger partial charge in [-0.1, -0.05) is 22.9 Å². The van der Waals surface area contributed by atoms with Crippen molar-refractivity contribution in [2.45, 2.75) is 26.4 Å². The predicted molar refractivity (Wildman–Crippen MR) is 84.0 cm³/mol. The van der Waals surface area contributed by atoms with Crippen LogP contribution in [0.3, 0.4) is 0 Å². The maximum atomic E-state index is 5.91. The van der Waals surface area contributed by atoms with Gasteiger partial charge in [-0.3, -0.25) is 4.68 Å². The van der Waals surface area contributed by atoms with Crippen molar-refractivity contribution in [3.8, 4) is 5.75 Å². The topological polar surface area (TPSA) is 39.1 Å². The van der Waals surface area contributed by atoms with Crippen LogP contribution in [0.25, 0.3) is 0 Å². The molecule has 1 atom stereocenters. The molecular weight excluding hydrogens is 318 g/mol. The Hall–Kier alpha value is -1.33. The molecule has 0 saturated heterocycles. The van der Waals surface area contributed by atoms with Crippen LogP contribution in [0.1, 0.15) is 25.5 Å². The van der Waals surface area contributed by atoms with E-state index in [1.165, 1.54) is 5.56 Å². The van der Waals surface area contributed by atoms with Crippen LogP contribution in [0.5, 0.6) is 5.75 Å². The maximum absolute atomic E-state index is 5.91. The van der Waals surface area contributed by atoms with E-state index in [0.29, 0.717) is 6.61 Å². The second kappa shape index (κ2) is 7.45. The number of benzene rings is 1. The smallest absolute Gasteiger partial charge is 0.124 e. The Kier molecular flexibility index (Phi) is 5.61. The van der Waals surface area contributed by atoms with E-state index < -0.39 is 0 Å². The second-order valence-electron chi connectivity index (χ2n) is 4.58. The number of hydrogen-bond donors (Lipinski definition) is 1. The van der Waals surface area contributed by atoms with Crippen LogP contribution in [0.15, 0.2) is 41.1 Å². The average molecular weight is 338 g/mol. The van der Waals surface area contributed by atoms with Crippen LogP contribution >= 0.6 is 15.9 Å². The highest BCUT2D eigenvalue weighted by atomic mass is 79.9. The lowest BCUT2D eigenvalue weighted by molar-refractivity contribution is 0.286. The molecule has 20 heavy (non-hydrogen) atoms. The minimum Gasteiger partial charge on any atom is -0.491 e. The molecule has 1 heterocycles. The van der Waals surface area contributed by atoms with E-state index in [2.05, 4.69) is 46.3 Å². The molecule has 1 aromatic carbocycles. The highest BCUT2D eigenvalue weighted by Crippen LogP contribution is 2.28. The van der Waals surface area contributed by atoms with Crippen molar-refractivity contribution in [1.82, 2.24) is 15.1 Å². The molecule has 1 aromatic heterocycles. The van der Waals surface area contributed by atoms with Crippen LogP contribution in [0, 0.1) is 0 Å². The Morgan fingerprint density at radius 3 is 3.00 bits per heavy atom. The molecule has 0 spiro atoms. The van der Waals surface area contributed by atoms with Crippen molar-refractivity contribution in [3.05, 3.63) is 46.7 Å². The number of ether oxygens (including phenoxy) is 1. The molecule has 0 aliphatic carbocycles. The lowest BCUT2D eigenvalue weighted by Gasteiger charge is -2.18. The Labute approximate surface area is 128 Å². The molecule has 2 rings (SSSR count). The number of hydrogen-bond acceptors (Lipinski definition) is 3. The molecular formula is C15H20BrN3O. The maximum Gasteiger partial charge on any atom is 0.124 e. The fourth-order valence-electron chi connectivity index (χ4n) is 2.09. The van der Waals surface area contributed by atoms with Crippen molar-refractivity contribution < 1.29 is 4.74 Å². The largest absolute Gasteiger partial charge is 0.491 e. The van der Waals surface area contributed by atoms with Crippen LogP contribution < -0.4 is 10.1 Å². The van der Waals surface area contributed by atoms with E-state index in [-0.39, 0.29) is 6.04 Å². The zero-order valence-corrected chi connectivity index (χ0v) is 13.4. The molecule has 1 unspecified atom stereocenters. The number of nitrogens with zero attached hydrogens (tertiary/aromatic N) is 2. The highest BCUT2D eigenvalue weighted by molar-refractivity contribution is 9.10. The second-order valence-corrected chi connectivity index (χ2v) is 5.49. The first-order valence-electron chi connectivity index (χ1n) is 6.83. The van der Waals surface area contributed by atoms with Gasteiger partial charge in [0.05, 0.1) is 6.54 Å². The number of aromatic nitrogens is 2. The van der Waals surface area contributed by atoms with Gasteiger partial charge in [0.1, 0.15) is 12.4 Å². The summed E-state index contributed by atoms with van der Waals surface area (Å²) in [4.78, 5) is 0. The monoisotopic (exact) mass is 337 g/mol. The fourth-order valence-corrected chi connectivity index (χ4v) is 2.47. The van der Waals surface area contributed by atoms with Gasteiger partial charge >= 0.3 is 0 Å². The van der Waals surface area contributed by atoms with Crippen molar-refractivity contribution in [2.75, 3.05) is 13.2 Å². The molecule has 0 fully saturated rings. The molecule has 0 aliphatic rings. The molecule has 0 aliphatic heterocycles. The third-order valence-corrected chi connectivity index (χ3v) is 3.58. The fraction of sp³-hybridized carbons (Fsp3) is 0.400. The van der Waals surface area contributed by atoms with Crippen molar-refractivity contribution in [2.24, 2.45) is 0 Å². The summed E-state index contributed by atoms with van der Waals surface area (Å²) in [6.45, 7) is 6.53. The van der Waals surface area contributed by atoms with Crippen LogP contribution in [-0.2, 0) is 6.54 Å². The van der Waals surface area contributed by atoms with Gasteiger partial charge in [0.15, 0.2) is 0 Å². The summed E-state index contributed by atoms with van der Waals surface area (Å²) in [7, 11) is 0. The molecule has 2 aromatic rings. The van der Waals surface area contributed by atoms with Gasteiger partial charge in [-0.2, -0.15) is 5.10 Å². The van der Waals surface area contributed by atoms with Crippen molar-refractivity contribution in [1.29, 1.82) is 0 Å². The van der Waals surface area contributed by atoms with Crippen LogP contribution in [-0.4, -0.2) is 22.9 Å². The summed E-state index contributed by atoms with van der Waals surface area (Å²) >= 11 is 3.52.